The molecule has 1 aliphatic rings. The Bertz CT molecular complexity index is 588. The van der Waals surface area contributed by atoms with E-state index in [9.17, 15) is 4.79 Å². The fourth-order valence-corrected chi connectivity index (χ4v) is 3.46. The Morgan fingerprint density at radius 2 is 2.20 bits per heavy atom. The van der Waals surface area contributed by atoms with E-state index < -0.39 is 5.97 Å². The molecule has 0 aliphatic heterocycles. The lowest BCUT2D eigenvalue weighted by molar-refractivity contribution is -0.139. The molecule has 2 heterocycles. The van der Waals surface area contributed by atoms with Crippen molar-refractivity contribution >= 4 is 17.3 Å². The Labute approximate surface area is 119 Å². The van der Waals surface area contributed by atoms with Gasteiger partial charge in [0.15, 0.2) is 0 Å². The maximum absolute atomic E-state index is 11.1. The number of rotatable bonds is 5. The number of nitrogens with zero attached hydrogens (tertiary/aromatic N) is 3. The molecule has 20 heavy (non-hydrogen) atoms. The first-order valence-corrected chi connectivity index (χ1v) is 7.54. The predicted molar refractivity (Wildman–Crippen MR) is 72.3 cm³/mol. The molecule has 1 N–H and O–H groups in total. The van der Waals surface area contributed by atoms with Crippen molar-refractivity contribution in [2.24, 2.45) is 5.41 Å². The van der Waals surface area contributed by atoms with E-state index >= 15 is 0 Å². The average Bonchev–Trinajstić information content (AvgIpc) is 3.08. The van der Waals surface area contributed by atoms with E-state index in [0.717, 1.165) is 25.7 Å². The van der Waals surface area contributed by atoms with Gasteiger partial charge in [-0.3, -0.25) is 4.79 Å². The third kappa shape index (κ3) is 2.72. The Morgan fingerprint density at radius 3 is 2.85 bits per heavy atom. The quantitative estimate of drug-likeness (QED) is 0.911. The smallest absolute Gasteiger partial charge is 0.303 e. The Hall–Kier alpha value is -1.76. The van der Waals surface area contributed by atoms with Gasteiger partial charge in [0.05, 0.1) is 11.9 Å². The highest BCUT2D eigenvalue weighted by Crippen LogP contribution is 2.43. The van der Waals surface area contributed by atoms with Crippen LogP contribution in [-0.2, 0) is 11.2 Å². The van der Waals surface area contributed by atoms with Crippen LogP contribution in [-0.4, -0.2) is 26.3 Å². The lowest BCUT2D eigenvalue weighted by Crippen LogP contribution is -2.23. The minimum Gasteiger partial charge on any atom is -0.481 e. The normalized spacial score (nSPS) is 17.4. The Morgan fingerprint density at radius 1 is 1.40 bits per heavy atom. The Kier molecular flexibility index (Phi) is 3.52. The molecule has 0 spiro atoms. The van der Waals surface area contributed by atoms with Gasteiger partial charge in [-0.15, -0.1) is 21.5 Å². The van der Waals surface area contributed by atoms with Crippen LogP contribution in [0.5, 0.6) is 0 Å². The lowest BCUT2D eigenvalue weighted by atomic mass is 9.79. The van der Waals surface area contributed by atoms with Crippen LogP contribution < -0.4 is 0 Å². The molecule has 106 valence electrons. The zero-order chi connectivity index (χ0) is 14.0. The van der Waals surface area contributed by atoms with Gasteiger partial charge in [-0.05, 0) is 18.3 Å². The van der Waals surface area contributed by atoms with E-state index in [1.807, 2.05) is 5.38 Å². The van der Waals surface area contributed by atoms with Crippen LogP contribution in [0.3, 0.4) is 0 Å². The molecule has 1 fully saturated rings. The molecule has 0 bridgehead atoms. The highest BCUT2D eigenvalue weighted by atomic mass is 32.1. The van der Waals surface area contributed by atoms with E-state index in [1.54, 1.807) is 5.51 Å². The van der Waals surface area contributed by atoms with Crippen molar-refractivity contribution in [2.75, 3.05) is 0 Å². The summed E-state index contributed by atoms with van der Waals surface area (Å²) < 4.78 is 5.63. The third-order valence-electron chi connectivity index (χ3n) is 3.83. The number of carboxylic acids is 1. The average molecular weight is 293 g/mol. The number of aliphatic carboxylic acids is 1. The van der Waals surface area contributed by atoms with Crippen LogP contribution in [0.25, 0.3) is 11.6 Å². The first kappa shape index (κ1) is 13.2. The van der Waals surface area contributed by atoms with Gasteiger partial charge < -0.3 is 9.52 Å². The zero-order valence-electron chi connectivity index (χ0n) is 10.9. The van der Waals surface area contributed by atoms with Gasteiger partial charge in [0.1, 0.15) is 5.69 Å². The molecular formula is C13H15N3O3S. The number of thiazole rings is 1. The standard InChI is InChI=1S/C13H15N3O3S/c17-11(18)6-13(3-1-2-4-13)5-10-15-16-12(19-10)9-7-20-8-14-9/h7-8H,1-6H2,(H,17,18). The van der Waals surface area contributed by atoms with Crippen LogP contribution in [0, 0.1) is 5.41 Å². The maximum Gasteiger partial charge on any atom is 0.303 e. The van der Waals surface area contributed by atoms with E-state index in [4.69, 9.17) is 9.52 Å². The van der Waals surface area contributed by atoms with Crippen LogP contribution in [0.1, 0.15) is 38.0 Å². The molecule has 2 aromatic heterocycles. The highest BCUT2D eigenvalue weighted by Gasteiger charge is 2.37. The first-order valence-electron chi connectivity index (χ1n) is 6.60. The molecule has 6 nitrogen and oxygen atoms in total. The van der Waals surface area contributed by atoms with Crippen LogP contribution in [0.15, 0.2) is 15.3 Å². The van der Waals surface area contributed by atoms with Gasteiger partial charge in [0.2, 0.25) is 5.89 Å². The zero-order valence-corrected chi connectivity index (χ0v) is 11.7. The summed E-state index contributed by atoms with van der Waals surface area (Å²) in [6, 6.07) is 0. The summed E-state index contributed by atoms with van der Waals surface area (Å²) in [6.45, 7) is 0. The van der Waals surface area contributed by atoms with Crippen molar-refractivity contribution in [3.63, 3.8) is 0 Å². The topological polar surface area (TPSA) is 89.1 Å². The molecular weight excluding hydrogens is 278 g/mol. The number of hydrogen-bond acceptors (Lipinski definition) is 6. The van der Waals surface area contributed by atoms with Gasteiger partial charge in [0, 0.05) is 11.8 Å². The van der Waals surface area contributed by atoms with Gasteiger partial charge in [-0.1, -0.05) is 12.8 Å². The molecule has 0 atom stereocenters. The van der Waals surface area contributed by atoms with Gasteiger partial charge in [0.25, 0.3) is 5.89 Å². The highest BCUT2D eigenvalue weighted by molar-refractivity contribution is 7.07. The summed E-state index contributed by atoms with van der Waals surface area (Å²) in [5.74, 6) is 0.159. The molecule has 7 heteroatoms. The van der Waals surface area contributed by atoms with Crippen LogP contribution in [0.4, 0.5) is 0 Å². The Balaban J connectivity index is 1.77. The van der Waals surface area contributed by atoms with E-state index in [-0.39, 0.29) is 11.8 Å². The van der Waals surface area contributed by atoms with E-state index in [0.29, 0.717) is 23.9 Å². The SMILES string of the molecule is O=C(O)CC1(Cc2nnc(-c3cscn3)o2)CCCC1. The molecule has 1 saturated carbocycles. The van der Waals surface area contributed by atoms with Crippen molar-refractivity contribution < 1.29 is 14.3 Å². The summed E-state index contributed by atoms with van der Waals surface area (Å²) in [5, 5.41) is 19.0. The maximum atomic E-state index is 11.1. The van der Waals surface area contributed by atoms with Crippen molar-refractivity contribution in [3.05, 3.63) is 16.8 Å². The molecule has 2 aromatic rings. The molecule has 0 radical (unpaired) electrons. The first-order chi connectivity index (χ1) is 9.67. The fraction of sp³-hybridized carbons (Fsp3) is 0.538. The van der Waals surface area contributed by atoms with Crippen LogP contribution in [0.2, 0.25) is 0 Å². The van der Waals surface area contributed by atoms with Crippen molar-refractivity contribution in [2.45, 2.75) is 38.5 Å². The van der Waals surface area contributed by atoms with E-state index in [2.05, 4.69) is 15.2 Å². The molecule has 0 unspecified atom stereocenters. The second-order valence-electron chi connectivity index (χ2n) is 5.33. The van der Waals surface area contributed by atoms with Gasteiger partial charge in [-0.2, -0.15) is 0 Å². The predicted octanol–water partition coefficient (Wildman–Crippen LogP) is 2.77. The molecule has 3 rings (SSSR count). The second kappa shape index (κ2) is 5.32. The van der Waals surface area contributed by atoms with Gasteiger partial charge in [-0.25, -0.2) is 4.98 Å². The summed E-state index contributed by atoms with van der Waals surface area (Å²) in [6.07, 6.45) is 4.67. The minimum absolute atomic E-state index is 0.168. The van der Waals surface area contributed by atoms with E-state index in [1.165, 1.54) is 11.3 Å². The van der Waals surface area contributed by atoms with Crippen molar-refractivity contribution in [1.82, 2.24) is 15.2 Å². The van der Waals surface area contributed by atoms with Crippen molar-refractivity contribution in [3.8, 4) is 11.6 Å². The second-order valence-corrected chi connectivity index (χ2v) is 6.05. The summed E-state index contributed by atoms with van der Waals surface area (Å²) in [5.41, 5.74) is 2.16. The minimum atomic E-state index is -0.758. The monoisotopic (exact) mass is 293 g/mol. The lowest BCUT2D eigenvalue weighted by Gasteiger charge is -2.24. The molecule has 0 amide bonds. The third-order valence-corrected chi connectivity index (χ3v) is 4.42. The number of carbonyl (C=O) groups is 1. The summed E-state index contributed by atoms with van der Waals surface area (Å²) >= 11 is 1.47. The summed E-state index contributed by atoms with van der Waals surface area (Å²) in [4.78, 5) is 15.2. The number of aromatic nitrogens is 3. The largest absolute Gasteiger partial charge is 0.481 e. The van der Waals surface area contributed by atoms with Gasteiger partial charge >= 0.3 is 5.97 Å². The summed E-state index contributed by atoms with van der Waals surface area (Å²) in [7, 11) is 0. The molecule has 0 aromatic carbocycles. The fourth-order valence-electron chi connectivity index (χ4n) is 2.93. The molecule has 1 aliphatic carbocycles. The number of hydrogen-bond donors (Lipinski definition) is 1. The number of carboxylic acid groups (broad SMARTS) is 1. The molecule has 0 saturated heterocycles. The van der Waals surface area contributed by atoms with Crippen molar-refractivity contribution in [1.29, 1.82) is 0 Å². The van der Waals surface area contributed by atoms with Crippen LogP contribution >= 0.6 is 11.3 Å².